The second-order valence-electron chi connectivity index (χ2n) is 4.14. The van der Waals surface area contributed by atoms with E-state index in [1.54, 1.807) is 5.82 Å². The third kappa shape index (κ3) is 4.76. The highest BCUT2D eigenvalue weighted by atomic mass is 31.2. The molecule has 2 rings (SSSR count). The zero-order valence-electron chi connectivity index (χ0n) is 10.6. The minimum absolute atomic E-state index is 0.884. The topological polar surface area (TPSA) is 49.0 Å². The Morgan fingerprint density at radius 1 is 0.944 bits per heavy atom. The summed E-state index contributed by atoms with van der Waals surface area (Å²) in [5, 5.41) is 10.5. The van der Waals surface area contributed by atoms with Crippen LogP contribution in [0, 0.1) is 0 Å². The smallest absolute Gasteiger partial charge is 0.245 e. The highest BCUT2D eigenvalue weighted by Crippen LogP contribution is 2.41. The van der Waals surface area contributed by atoms with Crippen molar-refractivity contribution in [1.29, 1.82) is 0 Å². The first-order valence-electron chi connectivity index (χ1n) is 6.31. The molecule has 2 saturated heterocycles. The van der Waals surface area contributed by atoms with Crippen molar-refractivity contribution >= 4 is 8.38 Å². The lowest BCUT2D eigenvalue weighted by Gasteiger charge is -2.32. The average Bonchev–Trinajstić information content (AvgIpc) is 2.41. The van der Waals surface area contributed by atoms with Gasteiger partial charge < -0.3 is 10.6 Å². The molecule has 0 radical (unpaired) electrons. The van der Waals surface area contributed by atoms with Gasteiger partial charge in [-0.3, -0.25) is 0 Å². The average molecular weight is 272 g/mol. The van der Waals surface area contributed by atoms with E-state index in [1.165, 1.54) is 0 Å². The summed E-state index contributed by atoms with van der Waals surface area (Å²) in [6.45, 7) is 10.9. The monoisotopic (exact) mass is 272 g/mol. The fourth-order valence-electron chi connectivity index (χ4n) is 1.82. The highest BCUT2D eigenvalue weighted by Gasteiger charge is 2.20. The van der Waals surface area contributed by atoms with Gasteiger partial charge in [0.05, 0.1) is 0 Å². The summed E-state index contributed by atoms with van der Waals surface area (Å²) in [6, 6.07) is 0. The predicted octanol–water partition coefficient (Wildman–Crippen LogP) is 0.271. The molecule has 0 aliphatic carbocycles. The van der Waals surface area contributed by atoms with E-state index in [0.717, 1.165) is 52.4 Å². The Hall–Kier alpha value is -0.290. The molecule has 0 spiro atoms. The number of rotatable bonds is 5. The van der Waals surface area contributed by atoms with Gasteiger partial charge in [0.1, 0.15) is 0 Å². The van der Waals surface area contributed by atoms with Crippen LogP contribution in [0.5, 0.6) is 0 Å². The molecule has 2 N–H and O–H groups in total. The van der Waals surface area contributed by atoms with Gasteiger partial charge >= 0.3 is 0 Å². The fraction of sp³-hybridized carbons (Fsp3) is 0.727. The van der Waals surface area contributed by atoms with E-state index >= 15 is 0 Å². The standard InChI is InChI=1S/C11H21N4O2P/c1-2-11-18(16-14-7-3-12-4-8-14)17-15-9-5-13-6-10-15/h11-13H,1,3-10H2. The zero-order valence-corrected chi connectivity index (χ0v) is 11.5. The Morgan fingerprint density at radius 3 is 1.78 bits per heavy atom. The lowest BCUT2D eigenvalue weighted by Crippen LogP contribution is -2.44. The number of hydrogen-bond acceptors (Lipinski definition) is 6. The van der Waals surface area contributed by atoms with Crippen LogP contribution in [0.2, 0.25) is 0 Å². The van der Waals surface area contributed by atoms with Gasteiger partial charge in [-0.05, 0) is 0 Å². The van der Waals surface area contributed by atoms with Gasteiger partial charge in [-0.2, -0.15) is 10.1 Å². The maximum Gasteiger partial charge on any atom is 0.245 e. The molecule has 0 unspecified atom stereocenters. The van der Waals surface area contributed by atoms with Crippen molar-refractivity contribution in [3.63, 3.8) is 0 Å². The quantitative estimate of drug-likeness (QED) is 0.553. The number of nitrogens with one attached hydrogen (secondary N) is 2. The predicted molar refractivity (Wildman–Crippen MR) is 71.7 cm³/mol. The van der Waals surface area contributed by atoms with E-state index in [-0.39, 0.29) is 0 Å². The molecule has 2 aliphatic heterocycles. The highest BCUT2D eigenvalue weighted by molar-refractivity contribution is 7.50. The van der Waals surface area contributed by atoms with Crippen LogP contribution in [-0.4, -0.2) is 62.5 Å². The van der Waals surface area contributed by atoms with E-state index in [2.05, 4.69) is 22.9 Å². The molecule has 2 fully saturated rings. The first kappa shape index (κ1) is 14.1. The van der Waals surface area contributed by atoms with Crippen LogP contribution in [0.4, 0.5) is 0 Å². The van der Waals surface area contributed by atoms with Crippen molar-refractivity contribution in [2.45, 2.75) is 0 Å². The largest absolute Gasteiger partial charge is 0.314 e. The lowest BCUT2D eigenvalue weighted by atomic mass is 10.4. The third-order valence-corrected chi connectivity index (χ3v) is 3.92. The van der Waals surface area contributed by atoms with E-state index in [0.29, 0.717) is 0 Å². The SMILES string of the molecule is C=C=CP(ON1CCNCC1)ON1CCNCC1. The van der Waals surface area contributed by atoms with Crippen molar-refractivity contribution in [2.24, 2.45) is 0 Å². The van der Waals surface area contributed by atoms with Crippen molar-refractivity contribution in [3.8, 4) is 0 Å². The molecule has 0 atom stereocenters. The summed E-state index contributed by atoms with van der Waals surface area (Å²) in [5.74, 6) is 1.78. The Labute approximate surface area is 109 Å². The van der Waals surface area contributed by atoms with E-state index in [9.17, 15) is 0 Å². The molecular weight excluding hydrogens is 251 g/mol. The number of hydroxylamine groups is 4. The van der Waals surface area contributed by atoms with Crippen LogP contribution < -0.4 is 10.6 Å². The summed E-state index contributed by atoms with van der Waals surface area (Å²) in [5.41, 5.74) is 2.77. The second kappa shape index (κ2) is 8.00. The van der Waals surface area contributed by atoms with Crippen molar-refractivity contribution < 1.29 is 9.25 Å². The molecule has 2 heterocycles. The first-order chi connectivity index (χ1) is 8.88. The number of hydrogen-bond donors (Lipinski definition) is 2. The third-order valence-electron chi connectivity index (χ3n) is 2.74. The summed E-state index contributed by atoms with van der Waals surface area (Å²) in [4.78, 5) is 0. The fourth-order valence-corrected chi connectivity index (χ4v) is 2.87. The molecule has 102 valence electrons. The summed E-state index contributed by atoms with van der Waals surface area (Å²) >= 11 is 0. The van der Waals surface area contributed by atoms with Gasteiger partial charge in [-0.15, -0.1) is 5.73 Å². The minimum Gasteiger partial charge on any atom is -0.314 e. The summed E-state index contributed by atoms with van der Waals surface area (Å²) < 4.78 is 11.7. The van der Waals surface area contributed by atoms with Crippen molar-refractivity contribution in [2.75, 3.05) is 52.4 Å². The van der Waals surface area contributed by atoms with Gasteiger partial charge in [0, 0.05) is 58.2 Å². The molecule has 18 heavy (non-hydrogen) atoms. The number of nitrogens with zero attached hydrogens (tertiary/aromatic N) is 2. The Bertz CT molecular complexity index is 267. The maximum atomic E-state index is 5.85. The summed E-state index contributed by atoms with van der Waals surface area (Å²) in [6.07, 6.45) is 0. The zero-order chi connectivity index (χ0) is 12.6. The van der Waals surface area contributed by atoms with Crippen LogP contribution in [0.3, 0.4) is 0 Å². The first-order valence-corrected chi connectivity index (χ1v) is 7.56. The molecule has 0 bridgehead atoms. The van der Waals surface area contributed by atoms with Gasteiger partial charge in [0.15, 0.2) is 0 Å². The van der Waals surface area contributed by atoms with Crippen LogP contribution in [0.1, 0.15) is 0 Å². The molecule has 0 saturated carbocycles. The van der Waals surface area contributed by atoms with Gasteiger partial charge in [-0.1, -0.05) is 6.58 Å². The molecular formula is C11H21N4O2P. The van der Waals surface area contributed by atoms with Crippen LogP contribution in [0.25, 0.3) is 0 Å². The Kier molecular flexibility index (Phi) is 6.28. The van der Waals surface area contributed by atoms with Crippen LogP contribution in [-0.2, 0) is 9.25 Å². The molecule has 7 heteroatoms. The van der Waals surface area contributed by atoms with Gasteiger partial charge in [-0.25, -0.2) is 9.25 Å². The van der Waals surface area contributed by atoms with E-state index in [1.807, 2.05) is 10.1 Å². The van der Waals surface area contributed by atoms with Crippen LogP contribution >= 0.6 is 8.38 Å². The maximum absolute atomic E-state index is 5.85. The Balaban J connectivity index is 1.80. The normalized spacial score (nSPS) is 22.9. The molecule has 0 amide bonds. The lowest BCUT2D eigenvalue weighted by molar-refractivity contribution is -0.113. The van der Waals surface area contributed by atoms with Crippen molar-refractivity contribution in [1.82, 2.24) is 20.8 Å². The van der Waals surface area contributed by atoms with E-state index in [4.69, 9.17) is 9.25 Å². The second-order valence-corrected chi connectivity index (χ2v) is 5.30. The molecule has 0 aromatic heterocycles. The van der Waals surface area contributed by atoms with Gasteiger partial charge in [0.2, 0.25) is 8.38 Å². The molecule has 6 nitrogen and oxygen atoms in total. The van der Waals surface area contributed by atoms with Gasteiger partial charge in [0.25, 0.3) is 0 Å². The number of piperazine rings is 2. The van der Waals surface area contributed by atoms with Crippen LogP contribution in [0.15, 0.2) is 18.1 Å². The summed E-state index contributed by atoms with van der Waals surface area (Å²) in [7, 11) is -1.11. The molecule has 0 aromatic carbocycles. The van der Waals surface area contributed by atoms with Crippen molar-refractivity contribution in [3.05, 3.63) is 18.1 Å². The molecule has 0 aromatic rings. The van der Waals surface area contributed by atoms with E-state index < -0.39 is 8.38 Å². The molecule has 2 aliphatic rings. The minimum atomic E-state index is -1.11. The Morgan fingerprint density at radius 2 is 1.39 bits per heavy atom.